The summed E-state index contributed by atoms with van der Waals surface area (Å²) < 4.78 is 15.9. The van der Waals surface area contributed by atoms with Crippen molar-refractivity contribution in [2.24, 2.45) is 0 Å². The Morgan fingerprint density at radius 3 is 1.97 bits per heavy atom. The van der Waals surface area contributed by atoms with Gasteiger partial charge in [0.25, 0.3) is 11.6 Å². The molecule has 2 aromatic carbocycles. The number of anilines is 1. The Morgan fingerprint density at radius 1 is 0.897 bits per heavy atom. The van der Waals surface area contributed by atoms with Crippen LogP contribution in [0.5, 0.6) is 17.2 Å². The first-order valence-corrected chi connectivity index (χ1v) is 9.07. The smallest absolute Gasteiger partial charge is 0.269 e. The molecular weight excluding hydrogens is 378 g/mol. The number of rotatable bonds is 6. The monoisotopic (exact) mass is 401 g/mol. The molecule has 1 aliphatic rings. The molecule has 1 aliphatic heterocycles. The number of methoxy groups -OCH3 is 3. The van der Waals surface area contributed by atoms with E-state index in [2.05, 4.69) is 4.90 Å². The van der Waals surface area contributed by atoms with Crippen LogP contribution in [-0.4, -0.2) is 63.2 Å². The maximum Gasteiger partial charge on any atom is 0.269 e. The molecule has 1 amide bonds. The molecule has 2 aromatic rings. The highest BCUT2D eigenvalue weighted by atomic mass is 16.6. The third kappa shape index (κ3) is 4.18. The van der Waals surface area contributed by atoms with E-state index in [0.29, 0.717) is 49.0 Å². The molecule has 9 nitrogen and oxygen atoms in total. The number of piperazine rings is 1. The van der Waals surface area contributed by atoms with Crippen molar-refractivity contribution in [1.29, 1.82) is 0 Å². The van der Waals surface area contributed by atoms with Gasteiger partial charge in [0.1, 0.15) is 5.75 Å². The molecule has 0 aliphatic carbocycles. The van der Waals surface area contributed by atoms with Gasteiger partial charge in [0.2, 0.25) is 0 Å². The molecule has 0 bridgehead atoms. The quantitative estimate of drug-likeness (QED) is 0.542. The molecule has 0 atom stereocenters. The van der Waals surface area contributed by atoms with Crippen LogP contribution in [0, 0.1) is 10.1 Å². The first-order chi connectivity index (χ1) is 14.0. The van der Waals surface area contributed by atoms with E-state index in [1.807, 2.05) is 0 Å². The predicted octanol–water partition coefficient (Wildman–Crippen LogP) is 2.58. The summed E-state index contributed by atoms with van der Waals surface area (Å²) in [5, 5.41) is 10.8. The van der Waals surface area contributed by atoms with Crippen LogP contribution in [-0.2, 0) is 0 Å². The maximum absolute atomic E-state index is 13.1. The Labute approximate surface area is 168 Å². The Kier molecular flexibility index (Phi) is 6.06. The van der Waals surface area contributed by atoms with Crippen molar-refractivity contribution in [3.8, 4) is 17.2 Å². The van der Waals surface area contributed by atoms with Crippen molar-refractivity contribution in [2.45, 2.75) is 0 Å². The Balaban J connectivity index is 1.72. The second kappa shape index (κ2) is 8.68. The van der Waals surface area contributed by atoms with Crippen molar-refractivity contribution < 1.29 is 23.9 Å². The van der Waals surface area contributed by atoms with Gasteiger partial charge >= 0.3 is 0 Å². The number of non-ortho nitro benzene ring substituents is 1. The summed E-state index contributed by atoms with van der Waals surface area (Å²) in [5.41, 5.74) is 1.36. The zero-order valence-electron chi connectivity index (χ0n) is 16.6. The van der Waals surface area contributed by atoms with Gasteiger partial charge in [-0.3, -0.25) is 14.9 Å². The minimum atomic E-state index is -0.420. The van der Waals surface area contributed by atoms with E-state index >= 15 is 0 Å². The van der Waals surface area contributed by atoms with Crippen LogP contribution in [0.15, 0.2) is 36.4 Å². The van der Waals surface area contributed by atoms with Gasteiger partial charge in [-0.25, -0.2) is 0 Å². The van der Waals surface area contributed by atoms with Crippen LogP contribution < -0.4 is 19.1 Å². The summed E-state index contributed by atoms with van der Waals surface area (Å²) in [7, 11) is 4.54. The molecule has 0 saturated carbocycles. The lowest BCUT2D eigenvalue weighted by molar-refractivity contribution is -0.384. The van der Waals surface area contributed by atoms with Crippen LogP contribution in [0.2, 0.25) is 0 Å². The van der Waals surface area contributed by atoms with E-state index in [0.717, 1.165) is 5.69 Å². The predicted molar refractivity (Wildman–Crippen MR) is 107 cm³/mol. The fraction of sp³-hybridized carbons (Fsp3) is 0.350. The van der Waals surface area contributed by atoms with Gasteiger partial charge in [0.15, 0.2) is 11.5 Å². The molecule has 0 aromatic heterocycles. The number of hydrogen-bond acceptors (Lipinski definition) is 7. The van der Waals surface area contributed by atoms with E-state index in [9.17, 15) is 14.9 Å². The Bertz CT molecular complexity index is 892. The highest BCUT2D eigenvalue weighted by Gasteiger charge is 2.26. The van der Waals surface area contributed by atoms with Gasteiger partial charge in [-0.15, -0.1) is 0 Å². The second-order valence-electron chi connectivity index (χ2n) is 6.46. The fourth-order valence-electron chi connectivity index (χ4n) is 3.32. The van der Waals surface area contributed by atoms with Gasteiger partial charge in [0, 0.05) is 56.1 Å². The lowest BCUT2D eigenvalue weighted by Gasteiger charge is -2.36. The van der Waals surface area contributed by atoms with Crippen molar-refractivity contribution in [3.05, 3.63) is 52.1 Å². The number of hydrogen-bond donors (Lipinski definition) is 0. The van der Waals surface area contributed by atoms with Gasteiger partial charge in [-0.05, 0) is 12.1 Å². The average molecular weight is 401 g/mol. The molecule has 0 spiro atoms. The fourth-order valence-corrected chi connectivity index (χ4v) is 3.32. The number of carbonyl (C=O) groups excluding carboxylic acids is 1. The number of amides is 1. The highest BCUT2D eigenvalue weighted by molar-refractivity contribution is 5.98. The minimum Gasteiger partial charge on any atom is -0.496 e. The minimum absolute atomic E-state index is 0.0584. The lowest BCUT2D eigenvalue weighted by atomic mass is 10.1. The summed E-state index contributed by atoms with van der Waals surface area (Å²) >= 11 is 0. The van der Waals surface area contributed by atoms with Crippen molar-refractivity contribution >= 4 is 17.3 Å². The lowest BCUT2D eigenvalue weighted by Crippen LogP contribution is -2.48. The van der Waals surface area contributed by atoms with Gasteiger partial charge in [-0.2, -0.15) is 0 Å². The highest BCUT2D eigenvalue weighted by Crippen LogP contribution is 2.35. The molecule has 0 radical (unpaired) electrons. The molecule has 3 rings (SSSR count). The van der Waals surface area contributed by atoms with E-state index in [1.165, 1.54) is 33.5 Å². The van der Waals surface area contributed by atoms with Gasteiger partial charge in [0.05, 0.1) is 31.8 Å². The molecule has 1 saturated heterocycles. The summed E-state index contributed by atoms with van der Waals surface area (Å²) in [6.45, 7) is 2.29. The summed E-state index contributed by atoms with van der Waals surface area (Å²) in [4.78, 5) is 27.3. The van der Waals surface area contributed by atoms with E-state index in [4.69, 9.17) is 14.2 Å². The molecule has 1 fully saturated rings. The molecule has 9 heteroatoms. The first-order valence-electron chi connectivity index (χ1n) is 9.07. The molecular formula is C20H23N3O6. The van der Waals surface area contributed by atoms with Crippen LogP contribution >= 0.6 is 0 Å². The average Bonchev–Trinajstić information content (AvgIpc) is 2.77. The third-order valence-electron chi connectivity index (χ3n) is 4.93. The summed E-state index contributed by atoms with van der Waals surface area (Å²) in [6, 6.07) is 9.70. The number of nitro groups is 1. The van der Waals surface area contributed by atoms with Crippen molar-refractivity contribution in [1.82, 2.24) is 4.90 Å². The standard InChI is InChI=1S/C20H23N3O6/c1-27-17-13-19(29-3)18(28-2)12-16(17)20(24)22-10-8-21(9-11-22)14-4-6-15(7-5-14)23(25)26/h4-7,12-13H,8-11H2,1-3H3. The SMILES string of the molecule is COc1cc(OC)c(C(=O)N2CCN(c3ccc([N+](=O)[O-])cc3)CC2)cc1OC. The first kappa shape index (κ1) is 20.2. The van der Waals surface area contributed by atoms with Crippen molar-refractivity contribution in [2.75, 3.05) is 52.4 Å². The number of carbonyl (C=O) groups is 1. The Hall–Kier alpha value is -3.49. The van der Waals surface area contributed by atoms with Crippen LogP contribution in [0.25, 0.3) is 0 Å². The molecule has 1 heterocycles. The number of benzene rings is 2. The van der Waals surface area contributed by atoms with E-state index in [-0.39, 0.29) is 11.6 Å². The topological polar surface area (TPSA) is 94.4 Å². The van der Waals surface area contributed by atoms with Crippen molar-refractivity contribution in [3.63, 3.8) is 0 Å². The number of nitrogens with zero attached hydrogens (tertiary/aromatic N) is 3. The van der Waals surface area contributed by atoms with E-state index in [1.54, 1.807) is 29.2 Å². The van der Waals surface area contributed by atoms with Crippen LogP contribution in [0.4, 0.5) is 11.4 Å². The zero-order valence-corrected chi connectivity index (χ0v) is 16.6. The van der Waals surface area contributed by atoms with Crippen LogP contribution in [0.1, 0.15) is 10.4 Å². The molecule has 29 heavy (non-hydrogen) atoms. The molecule has 154 valence electrons. The molecule has 0 N–H and O–H groups in total. The third-order valence-corrected chi connectivity index (χ3v) is 4.93. The molecule has 0 unspecified atom stereocenters. The largest absolute Gasteiger partial charge is 0.496 e. The summed E-state index contributed by atoms with van der Waals surface area (Å²) in [6.07, 6.45) is 0. The maximum atomic E-state index is 13.1. The number of nitro benzene ring substituents is 1. The van der Waals surface area contributed by atoms with Gasteiger partial charge < -0.3 is 24.0 Å². The van der Waals surface area contributed by atoms with E-state index < -0.39 is 4.92 Å². The normalized spacial score (nSPS) is 13.8. The zero-order chi connectivity index (χ0) is 21.0. The Morgan fingerprint density at radius 2 is 1.45 bits per heavy atom. The summed E-state index contributed by atoms with van der Waals surface area (Å²) in [5.74, 6) is 1.22. The second-order valence-corrected chi connectivity index (χ2v) is 6.46. The van der Waals surface area contributed by atoms with Crippen LogP contribution in [0.3, 0.4) is 0 Å². The van der Waals surface area contributed by atoms with Gasteiger partial charge in [-0.1, -0.05) is 0 Å². The number of ether oxygens (including phenoxy) is 3.